The molecule has 0 aromatic carbocycles. The molecular weight excluding hydrogens is 250 g/mol. The number of pyridine rings is 1. The number of unbranched alkanes of at least 4 members (excludes halogenated alkanes) is 1. The molecule has 100 valence electrons. The lowest BCUT2D eigenvalue weighted by Crippen LogP contribution is -2.31. The van der Waals surface area contributed by atoms with Crippen LogP contribution in [-0.4, -0.2) is 25.6 Å². The van der Waals surface area contributed by atoms with E-state index >= 15 is 0 Å². The van der Waals surface area contributed by atoms with Gasteiger partial charge < -0.3 is 5.11 Å². The molecule has 7 nitrogen and oxygen atoms in total. The van der Waals surface area contributed by atoms with Gasteiger partial charge >= 0.3 is 11.7 Å². The molecule has 19 heavy (non-hydrogen) atoms. The van der Waals surface area contributed by atoms with Crippen LogP contribution >= 0.6 is 0 Å². The van der Waals surface area contributed by atoms with Crippen LogP contribution in [0, 0.1) is 0 Å². The Kier molecular flexibility index (Phi) is 3.46. The van der Waals surface area contributed by atoms with Crippen molar-refractivity contribution in [2.24, 2.45) is 0 Å². The van der Waals surface area contributed by atoms with Gasteiger partial charge in [-0.2, -0.15) is 0 Å². The second kappa shape index (κ2) is 5.05. The van der Waals surface area contributed by atoms with Crippen molar-refractivity contribution < 1.29 is 9.90 Å². The van der Waals surface area contributed by atoms with Crippen molar-refractivity contribution in [3.8, 4) is 0 Å². The van der Waals surface area contributed by atoms with E-state index in [1.54, 1.807) is 0 Å². The standard InChI is InChI=1S/C12H13N3O4/c1-2-3-6-15-9-7(10(16)14-12(15)19)4-5-8(13-9)11(17)18/h4-5H,2-3,6H2,1H3,(H,17,18)(H,14,16,19). The summed E-state index contributed by atoms with van der Waals surface area (Å²) in [4.78, 5) is 40.4. The van der Waals surface area contributed by atoms with Crippen molar-refractivity contribution in [2.45, 2.75) is 26.3 Å². The molecule has 2 aromatic heterocycles. The topological polar surface area (TPSA) is 105 Å². The SMILES string of the molecule is CCCCn1c(=O)[nH]c(=O)c2ccc(C(=O)O)nc21. The van der Waals surface area contributed by atoms with Crippen LogP contribution in [-0.2, 0) is 6.54 Å². The van der Waals surface area contributed by atoms with Crippen molar-refractivity contribution in [1.82, 2.24) is 14.5 Å². The number of rotatable bonds is 4. The van der Waals surface area contributed by atoms with Crippen molar-refractivity contribution >= 4 is 17.0 Å². The summed E-state index contributed by atoms with van der Waals surface area (Å²) in [6.07, 6.45) is 1.60. The van der Waals surface area contributed by atoms with E-state index in [1.165, 1.54) is 16.7 Å². The van der Waals surface area contributed by atoms with Gasteiger partial charge in [0.15, 0.2) is 11.3 Å². The number of nitrogens with one attached hydrogen (secondary N) is 1. The zero-order valence-electron chi connectivity index (χ0n) is 10.3. The van der Waals surface area contributed by atoms with Crippen LogP contribution in [0.5, 0.6) is 0 Å². The number of fused-ring (bicyclic) bond motifs is 1. The minimum Gasteiger partial charge on any atom is -0.477 e. The van der Waals surface area contributed by atoms with E-state index in [2.05, 4.69) is 9.97 Å². The van der Waals surface area contributed by atoms with E-state index < -0.39 is 17.2 Å². The Hall–Kier alpha value is -2.44. The van der Waals surface area contributed by atoms with Crippen LogP contribution in [0.3, 0.4) is 0 Å². The summed E-state index contributed by atoms with van der Waals surface area (Å²) in [5, 5.41) is 9.12. The van der Waals surface area contributed by atoms with Gasteiger partial charge in [-0.15, -0.1) is 0 Å². The van der Waals surface area contributed by atoms with Gasteiger partial charge in [-0.25, -0.2) is 14.6 Å². The zero-order valence-corrected chi connectivity index (χ0v) is 10.3. The highest BCUT2D eigenvalue weighted by molar-refractivity contribution is 5.88. The third-order valence-corrected chi connectivity index (χ3v) is 2.80. The molecule has 0 amide bonds. The van der Waals surface area contributed by atoms with Crippen LogP contribution in [0.15, 0.2) is 21.7 Å². The van der Waals surface area contributed by atoms with E-state index in [1.807, 2.05) is 6.92 Å². The average molecular weight is 263 g/mol. The van der Waals surface area contributed by atoms with Crippen LogP contribution in [0.25, 0.3) is 11.0 Å². The van der Waals surface area contributed by atoms with Gasteiger partial charge in [0.25, 0.3) is 5.56 Å². The number of hydrogen-bond donors (Lipinski definition) is 2. The van der Waals surface area contributed by atoms with Gasteiger partial charge in [-0.05, 0) is 18.6 Å². The predicted octanol–water partition coefficient (Wildman–Crippen LogP) is 0.583. The second-order valence-electron chi connectivity index (χ2n) is 4.14. The minimum atomic E-state index is -1.20. The Morgan fingerprint density at radius 3 is 2.79 bits per heavy atom. The lowest BCUT2D eigenvalue weighted by atomic mass is 10.2. The number of carboxylic acid groups (broad SMARTS) is 1. The van der Waals surface area contributed by atoms with Crippen LogP contribution < -0.4 is 11.2 Å². The molecule has 0 saturated heterocycles. The van der Waals surface area contributed by atoms with E-state index in [9.17, 15) is 14.4 Å². The molecule has 0 aliphatic rings. The normalized spacial score (nSPS) is 10.8. The molecule has 0 spiro atoms. The fraction of sp³-hybridized carbons (Fsp3) is 0.333. The first-order valence-corrected chi connectivity index (χ1v) is 5.91. The predicted molar refractivity (Wildman–Crippen MR) is 68.5 cm³/mol. The molecule has 0 bridgehead atoms. The molecule has 0 radical (unpaired) electrons. The van der Waals surface area contributed by atoms with Crippen LogP contribution in [0.2, 0.25) is 0 Å². The summed E-state index contributed by atoms with van der Waals surface area (Å²) < 4.78 is 1.30. The number of carboxylic acids is 1. The summed E-state index contributed by atoms with van der Waals surface area (Å²) in [5.41, 5.74) is -1.21. The smallest absolute Gasteiger partial charge is 0.354 e. The number of aryl methyl sites for hydroxylation is 1. The molecule has 0 aliphatic heterocycles. The Morgan fingerprint density at radius 2 is 2.16 bits per heavy atom. The average Bonchev–Trinajstić information content (AvgIpc) is 2.37. The molecule has 0 fully saturated rings. The summed E-state index contributed by atoms with van der Waals surface area (Å²) in [6, 6.07) is 2.61. The first kappa shape index (κ1) is 13.0. The van der Waals surface area contributed by atoms with Crippen LogP contribution in [0.4, 0.5) is 0 Å². The quantitative estimate of drug-likeness (QED) is 0.839. The Balaban J connectivity index is 2.77. The molecule has 0 atom stereocenters. The number of carbonyl (C=O) groups is 1. The van der Waals surface area contributed by atoms with Crippen molar-refractivity contribution in [1.29, 1.82) is 0 Å². The van der Waals surface area contributed by atoms with Crippen molar-refractivity contribution in [2.75, 3.05) is 0 Å². The highest BCUT2D eigenvalue weighted by Gasteiger charge is 2.12. The number of aromatic carboxylic acids is 1. The van der Waals surface area contributed by atoms with Gasteiger partial charge in [0.1, 0.15) is 0 Å². The third-order valence-electron chi connectivity index (χ3n) is 2.80. The number of aromatic nitrogens is 3. The second-order valence-corrected chi connectivity index (χ2v) is 4.14. The first-order chi connectivity index (χ1) is 9.04. The van der Waals surface area contributed by atoms with E-state index in [0.29, 0.717) is 6.54 Å². The van der Waals surface area contributed by atoms with Crippen molar-refractivity contribution in [3.05, 3.63) is 38.7 Å². The fourth-order valence-corrected chi connectivity index (χ4v) is 1.80. The molecule has 2 N–H and O–H groups in total. The highest BCUT2D eigenvalue weighted by Crippen LogP contribution is 2.07. The van der Waals surface area contributed by atoms with Crippen molar-refractivity contribution in [3.63, 3.8) is 0 Å². The highest BCUT2D eigenvalue weighted by atomic mass is 16.4. The molecule has 0 aliphatic carbocycles. The largest absolute Gasteiger partial charge is 0.477 e. The fourth-order valence-electron chi connectivity index (χ4n) is 1.80. The van der Waals surface area contributed by atoms with E-state index in [0.717, 1.165) is 12.8 Å². The van der Waals surface area contributed by atoms with Gasteiger partial charge in [-0.1, -0.05) is 13.3 Å². The monoisotopic (exact) mass is 263 g/mol. The molecular formula is C12H13N3O4. The number of nitrogens with zero attached hydrogens (tertiary/aromatic N) is 2. The molecule has 0 saturated carbocycles. The minimum absolute atomic E-state index is 0.113. The van der Waals surface area contributed by atoms with Gasteiger partial charge in [0, 0.05) is 6.54 Å². The van der Waals surface area contributed by atoms with E-state index in [4.69, 9.17) is 5.11 Å². The zero-order chi connectivity index (χ0) is 14.0. The maximum Gasteiger partial charge on any atom is 0.354 e. The molecule has 2 rings (SSSR count). The summed E-state index contributed by atoms with van der Waals surface area (Å²) in [5.74, 6) is -1.20. The summed E-state index contributed by atoms with van der Waals surface area (Å²) in [7, 11) is 0. The summed E-state index contributed by atoms with van der Waals surface area (Å²) >= 11 is 0. The lowest BCUT2D eigenvalue weighted by Gasteiger charge is -2.08. The summed E-state index contributed by atoms with van der Waals surface area (Å²) in [6.45, 7) is 2.35. The maximum atomic E-state index is 11.8. The van der Waals surface area contributed by atoms with Gasteiger partial charge in [0.05, 0.1) is 5.39 Å². The number of aromatic amines is 1. The first-order valence-electron chi connectivity index (χ1n) is 5.91. The Bertz CT molecular complexity index is 745. The number of hydrogen-bond acceptors (Lipinski definition) is 4. The van der Waals surface area contributed by atoms with E-state index in [-0.39, 0.29) is 16.7 Å². The number of H-pyrrole nitrogens is 1. The maximum absolute atomic E-state index is 11.8. The third kappa shape index (κ3) is 2.40. The van der Waals surface area contributed by atoms with Crippen LogP contribution in [0.1, 0.15) is 30.3 Å². The Labute approximate surface area is 107 Å². The molecule has 7 heteroatoms. The molecule has 2 aromatic rings. The molecule has 0 unspecified atom stereocenters. The lowest BCUT2D eigenvalue weighted by molar-refractivity contribution is 0.0691. The molecule has 2 heterocycles. The Morgan fingerprint density at radius 1 is 1.42 bits per heavy atom. The van der Waals surface area contributed by atoms with Gasteiger partial charge in [-0.3, -0.25) is 14.3 Å². The van der Waals surface area contributed by atoms with Gasteiger partial charge in [0.2, 0.25) is 0 Å².